The average molecular weight is 345 g/mol. The normalized spacial score (nSPS) is 13.6. The van der Waals surface area contributed by atoms with E-state index in [4.69, 9.17) is 9.84 Å². The van der Waals surface area contributed by atoms with Crippen molar-refractivity contribution in [3.05, 3.63) is 59.7 Å². The zero-order valence-corrected chi connectivity index (χ0v) is 14.5. The topological polar surface area (TPSA) is 52.9 Å². The zero-order valence-electron chi connectivity index (χ0n) is 14.5. The van der Waals surface area contributed by atoms with Gasteiger partial charge in [-0.15, -0.1) is 0 Å². The summed E-state index contributed by atoms with van der Waals surface area (Å²) in [5.74, 6) is 0.553. The van der Waals surface area contributed by atoms with Crippen LogP contribution >= 0.6 is 0 Å². The number of alkyl halides is 1. The number of hydrogen-bond donors (Lipinski definition) is 2. The van der Waals surface area contributed by atoms with Crippen LogP contribution in [0.2, 0.25) is 0 Å². The molecule has 134 valence electrons. The number of rotatable bonds is 8. The van der Waals surface area contributed by atoms with Gasteiger partial charge in [-0.25, -0.2) is 4.39 Å². The van der Waals surface area contributed by atoms with E-state index in [2.05, 4.69) is 29.2 Å². The summed E-state index contributed by atoms with van der Waals surface area (Å²) in [4.78, 5) is 2.05. The highest BCUT2D eigenvalue weighted by atomic mass is 19.1. The molecule has 25 heavy (non-hydrogen) atoms. The fraction of sp³-hybridized carbons (Fsp3) is 0.300. The van der Waals surface area contributed by atoms with Crippen LogP contribution < -0.4 is 9.64 Å². The van der Waals surface area contributed by atoms with E-state index in [-0.39, 0.29) is 6.61 Å². The molecule has 0 bridgehead atoms. The summed E-state index contributed by atoms with van der Waals surface area (Å²) in [6, 6.07) is 15.5. The maximum atomic E-state index is 12.2. The molecule has 0 aliphatic carbocycles. The summed E-state index contributed by atoms with van der Waals surface area (Å²) >= 11 is 0. The second-order valence-corrected chi connectivity index (χ2v) is 5.99. The summed E-state index contributed by atoms with van der Waals surface area (Å²) in [5.41, 5.74) is 3.27. The fourth-order valence-electron chi connectivity index (χ4n) is 2.15. The van der Waals surface area contributed by atoms with E-state index in [0.29, 0.717) is 5.75 Å². The molecule has 0 heterocycles. The van der Waals surface area contributed by atoms with E-state index < -0.39 is 18.9 Å². The smallest absolute Gasteiger partial charge is 0.119 e. The van der Waals surface area contributed by atoms with Gasteiger partial charge in [0.15, 0.2) is 0 Å². The van der Waals surface area contributed by atoms with Crippen molar-refractivity contribution in [2.75, 3.05) is 32.3 Å². The van der Waals surface area contributed by atoms with Crippen molar-refractivity contribution in [3.8, 4) is 5.75 Å². The van der Waals surface area contributed by atoms with Crippen LogP contribution in [0.5, 0.6) is 5.75 Å². The van der Waals surface area contributed by atoms with Gasteiger partial charge in [0.25, 0.3) is 0 Å². The second kappa shape index (κ2) is 9.20. The van der Waals surface area contributed by atoms with Crippen LogP contribution in [0.4, 0.5) is 10.1 Å². The molecule has 2 N–H and O–H groups in total. The van der Waals surface area contributed by atoms with Gasteiger partial charge in [0.1, 0.15) is 31.2 Å². The highest BCUT2D eigenvalue weighted by molar-refractivity contribution is 5.70. The maximum Gasteiger partial charge on any atom is 0.119 e. The molecule has 0 spiro atoms. The Bertz CT molecular complexity index is 668. The third-order valence-electron chi connectivity index (χ3n) is 3.78. The average Bonchev–Trinajstić information content (AvgIpc) is 2.64. The molecule has 0 aromatic heterocycles. The van der Waals surface area contributed by atoms with E-state index in [9.17, 15) is 9.50 Å². The van der Waals surface area contributed by atoms with Crippen LogP contribution in [-0.2, 0) is 0 Å². The summed E-state index contributed by atoms with van der Waals surface area (Å²) in [6.45, 7) is -1.15. The Morgan fingerprint density at radius 1 is 0.920 bits per heavy atom. The van der Waals surface area contributed by atoms with Crippen molar-refractivity contribution in [1.82, 2.24) is 0 Å². The van der Waals surface area contributed by atoms with Crippen molar-refractivity contribution in [2.45, 2.75) is 12.2 Å². The Hall–Kier alpha value is -2.37. The molecule has 2 unspecified atom stereocenters. The first-order chi connectivity index (χ1) is 12.0. The van der Waals surface area contributed by atoms with Gasteiger partial charge in [-0.3, -0.25) is 0 Å². The van der Waals surface area contributed by atoms with Crippen molar-refractivity contribution >= 4 is 17.8 Å². The number of aliphatic hydroxyl groups is 2. The Kier molecular flexibility index (Phi) is 6.98. The van der Waals surface area contributed by atoms with Crippen molar-refractivity contribution < 1.29 is 19.3 Å². The van der Waals surface area contributed by atoms with Gasteiger partial charge in [-0.2, -0.15) is 0 Å². The van der Waals surface area contributed by atoms with Gasteiger partial charge in [0.2, 0.25) is 0 Å². The van der Waals surface area contributed by atoms with Crippen molar-refractivity contribution in [1.29, 1.82) is 0 Å². The molecular formula is C20H24FNO3. The minimum absolute atomic E-state index is 0.154. The van der Waals surface area contributed by atoms with Crippen LogP contribution in [0.25, 0.3) is 12.2 Å². The Balaban J connectivity index is 1.91. The lowest BCUT2D eigenvalue weighted by Crippen LogP contribution is -2.33. The molecule has 0 saturated carbocycles. The van der Waals surface area contributed by atoms with Crippen LogP contribution in [0, 0.1) is 0 Å². The first-order valence-corrected chi connectivity index (χ1v) is 8.10. The monoisotopic (exact) mass is 345 g/mol. The van der Waals surface area contributed by atoms with E-state index in [1.807, 2.05) is 38.4 Å². The van der Waals surface area contributed by atoms with Gasteiger partial charge in [-0.1, -0.05) is 36.4 Å². The molecule has 2 aromatic rings. The summed E-state index contributed by atoms with van der Waals surface area (Å²) < 4.78 is 17.6. The predicted octanol–water partition coefficient (Wildman–Crippen LogP) is 2.99. The molecule has 0 aliphatic rings. The summed E-state index contributed by atoms with van der Waals surface area (Å²) in [6.07, 6.45) is 1.36. The Morgan fingerprint density at radius 2 is 1.44 bits per heavy atom. The van der Waals surface area contributed by atoms with Crippen LogP contribution in [-0.4, -0.2) is 49.8 Å². The zero-order chi connectivity index (χ0) is 18.2. The number of hydrogen-bond acceptors (Lipinski definition) is 4. The third-order valence-corrected chi connectivity index (χ3v) is 3.78. The van der Waals surface area contributed by atoms with E-state index in [1.165, 1.54) is 0 Å². The van der Waals surface area contributed by atoms with Gasteiger partial charge in [-0.05, 0) is 35.4 Å². The van der Waals surface area contributed by atoms with Gasteiger partial charge >= 0.3 is 0 Å². The molecule has 2 aromatic carbocycles. The molecule has 0 saturated heterocycles. The summed E-state index contributed by atoms with van der Waals surface area (Å²) in [5, 5.41) is 18.6. The van der Waals surface area contributed by atoms with Gasteiger partial charge in [0, 0.05) is 19.8 Å². The highest BCUT2D eigenvalue weighted by Crippen LogP contribution is 2.17. The molecule has 2 atom stereocenters. The number of ether oxygens (including phenoxy) is 1. The van der Waals surface area contributed by atoms with Crippen LogP contribution in [0.15, 0.2) is 48.5 Å². The fourth-order valence-corrected chi connectivity index (χ4v) is 2.15. The molecule has 0 fully saturated rings. The number of halogens is 1. The largest absolute Gasteiger partial charge is 0.491 e. The lowest BCUT2D eigenvalue weighted by atomic mass is 10.1. The molecular weight excluding hydrogens is 321 g/mol. The Morgan fingerprint density at radius 3 is 1.92 bits per heavy atom. The molecule has 2 rings (SSSR count). The predicted molar refractivity (Wildman–Crippen MR) is 99.6 cm³/mol. The molecule has 0 aliphatic heterocycles. The van der Waals surface area contributed by atoms with E-state index in [1.54, 1.807) is 12.1 Å². The maximum absolute atomic E-state index is 12.2. The van der Waals surface area contributed by atoms with E-state index >= 15 is 0 Å². The Labute approximate surface area is 147 Å². The number of nitrogens with zero attached hydrogens (tertiary/aromatic N) is 1. The summed E-state index contributed by atoms with van der Waals surface area (Å²) in [7, 11) is 4.01. The first-order valence-electron chi connectivity index (χ1n) is 8.10. The van der Waals surface area contributed by atoms with Crippen molar-refractivity contribution in [2.24, 2.45) is 0 Å². The SMILES string of the molecule is CN(C)c1ccc(C=Cc2ccc(OCC(O)C(O)CF)cc2)cc1. The molecule has 5 heteroatoms. The van der Waals surface area contributed by atoms with Gasteiger partial charge in [0.05, 0.1) is 0 Å². The van der Waals surface area contributed by atoms with Gasteiger partial charge < -0.3 is 19.8 Å². The lowest BCUT2D eigenvalue weighted by Gasteiger charge is -2.15. The molecule has 0 amide bonds. The number of aliphatic hydroxyl groups excluding tert-OH is 2. The second-order valence-electron chi connectivity index (χ2n) is 5.99. The van der Waals surface area contributed by atoms with E-state index in [0.717, 1.165) is 16.8 Å². The minimum atomic E-state index is -1.42. The number of anilines is 1. The molecule has 0 radical (unpaired) electrons. The third kappa shape index (κ3) is 5.89. The number of benzene rings is 2. The van der Waals surface area contributed by atoms with Crippen LogP contribution in [0.1, 0.15) is 11.1 Å². The minimum Gasteiger partial charge on any atom is -0.491 e. The quantitative estimate of drug-likeness (QED) is 0.722. The van der Waals surface area contributed by atoms with Crippen LogP contribution in [0.3, 0.4) is 0 Å². The molecule has 4 nitrogen and oxygen atoms in total. The van der Waals surface area contributed by atoms with Crippen molar-refractivity contribution in [3.63, 3.8) is 0 Å². The highest BCUT2D eigenvalue weighted by Gasteiger charge is 2.16. The first kappa shape index (κ1) is 19.0. The lowest BCUT2D eigenvalue weighted by molar-refractivity contribution is -0.0186. The standard InChI is InChI=1S/C20H24FNO3/c1-22(2)17-9-5-15(6-10-17)3-4-16-7-11-18(12-8-16)25-14-20(24)19(23)13-21/h3-12,19-20,23-24H,13-14H2,1-2H3.